The maximum absolute atomic E-state index is 10.3. The zero-order chi connectivity index (χ0) is 16.4. The van der Waals surface area contributed by atoms with Crippen LogP contribution in [-0.4, -0.2) is 63.7 Å². The highest BCUT2D eigenvalue weighted by atomic mass is 16.8. The number of aliphatic hydroxyl groups excluding tert-OH is 1. The van der Waals surface area contributed by atoms with Gasteiger partial charge in [0.1, 0.15) is 30.2 Å². The van der Waals surface area contributed by atoms with E-state index in [1.54, 1.807) is 7.11 Å². The number of benzene rings is 1. The molecular weight excluding hydrogens is 304 g/mol. The van der Waals surface area contributed by atoms with Crippen molar-refractivity contribution in [1.82, 2.24) is 0 Å². The van der Waals surface area contributed by atoms with Crippen LogP contribution in [0.2, 0.25) is 0 Å². The number of rotatable bonds is 4. The molecule has 2 saturated heterocycles. The molecule has 1 unspecified atom stereocenters. The average molecular weight is 326 g/mol. The van der Waals surface area contributed by atoms with E-state index in [-0.39, 0.29) is 6.10 Å². The lowest BCUT2D eigenvalue weighted by Gasteiger charge is -2.47. The fraction of sp³-hybridized carbons (Fsp3) is 0.625. The summed E-state index contributed by atoms with van der Waals surface area (Å²) < 4.78 is 33.4. The largest absolute Gasteiger partial charge is 0.496 e. The Kier molecular flexibility index (Phi) is 5.15. The van der Waals surface area contributed by atoms with E-state index in [4.69, 9.17) is 28.4 Å². The van der Waals surface area contributed by atoms with E-state index in [0.29, 0.717) is 12.4 Å². The Balaban J connectivity index is 1.81. The van der Waals surface area contributed by atoms with E-state index in [0.717, 1.165) is 5.56 Å². The molecule has 128 valence electrons. The zero-order valence-electron chi connectivity index (χ0n) is 13.4. The van der Waals surface area contributed by atoms with Crippen LogP contribution in [0, 0.1) is 0 Å². The van der Waals surface area contributed by atoms with E-state index in [1.165, 1.54) is 14.2 Å². The van der Waals surface area contributed by atoms with Crippen LogP contribution in [0.25, 0.3) is 0 Å². The summed E-state index contributed by atoms with van der Waals surface area (Å²) in [7, 11) is 4.60. The minimum absolute atomic E-state index is 0.305. The van der Waals surface area contributed by atoms with Gasteiger partial charge in [0.2, 0.25) is 0 Å². The lowest BCUT2D eigenvalue weighted by atomic mass is 9.97. The fourth-order valence-corrected chi connectivity index (χ4v) is 3.05. The first-order valence-electron chi connectivity index (χ1n) is 7.48. The lowest BCUT2D eigenvalue weighted by Crippen LogP contribution is -2.62. The van der Waals surface area contributed by atoms with Crippen molar-refractivity contribution in [2.45, 2.75) is 37.0 Å². The third kappa shape index (κ3) is 3.08. The Labute approximate surface area is 135 Å². The molecule has 0 aliphatic carbocycles. The number of fused-ring (bicyclic) bond motifs is 1. The van der Waals surface area contributed by atoms with E-state index in [9.17, 15) is 5.11 Å². The van der Waals surface area contributed by atoms with E-state index in [1.807, 2.05) is 24.3 Å². The van der Waals surface area contributed by atoms with E-state index >= 15 is 0 Å². The van der Waals surface area contributed by atoms with Crippen LogP contribution in [0.5, 0.6) is 5.75 Å². The van der Waals surface area contributed by atoms with Gasteiger partial charge in [-0.2, -0.15) is 0 Å². The molecule has 6 atom stereocenters. The van der Waals surface area contributed by atoms with Gasteiger partial charge >= 0.3 is 0 Å². The molecule has 0 amide bonds. The number of para-hydroxylation sites is 1. The summed E-state index contributed by atoms with van der Waals surface area (Å²) in [6.45, 7) is 0.305. The molecule has 2 aliphatic heterocycles. The van der Waals surface area contributed by atoms with Gasteiger partial charge in [0.05, 0.1) is 13.7 Å². The second-order valence-electron chi connectivity index (χ2n) is 5.48. The normalized spacial score (nSPS) is 37.2. The molecular formula is C16H22O7. The molecule has 7 heteroatoms. The lowest BCUT2D eigenvalue weighted by molar-refractivity contribution is -0.360. The van der Waals surface area contributed by atoms with Gasteiger partial charge in [0, 0.05) is 19.8 Å². The summed E-state index contributed by atoms with van der Waals surface area (Å²) in [5.74, 6) is 0.678. The smallest absolute Gasteiger partial charge is 0.188 e. The standard InChI is InChI=1S/C16H22O7/c1-18-10-7-5-4-6-9(10)15-21-8-11-13(23-15)14(19-2)12(17)16(20-3)22-11/h4-7,11-17H,8H2,1-3H3/t11-,12+,13+,14+,15?,16-/m1/s1. The Bertz CT molecular complexity index is 523. The van der Waals surface area contributed by atoms with Crippen molar-refractivity contribution in [2.24, 2.45) is 0 Å². The summed E-state index contributed by atoms with van der Waals surface area (Å²) in [6.07, 6.45) is -3.73. The summed E-state index contributed by atoms with van der Waals surface area (Å²) >= 11 is 0. The number of hydrogen-bond acceptors (Lipinski definition) is 7. The number of methoxy groups -OCH3 is 3. The minimum Gasteiger partial charge on any atom is -0.496 e. The van der Waals surface area contributed by atoms with Gasteiger partial charge in [-0.3, -0.25) is 0 Å². The van der Waals surface area contributed by atoms with Gasteiger partial charge in [-0.1, -0.05) is 18.2 Å². The molecule has 1 aromatic carbocycles. The predicted molar refractivity (Wildman–Crippen MR) is 79.0 cm³/mol. The highest BCUT2D eigenvalue weighted by Gasteiger charge is 2.50. The number of hydrogen-bond donors (Lipinski definition) is 1. The first-order chi connectivity index (χ1) is 11.2. The second kappa shape index (κ2) is 7.12. The van der Waals surface area contributed by atoms with Gasteiger partial charge < -0.3 is 33.5 Å². The molecule has 0 saturated carbocycles. The maximum atomic E-state index is 10.3. The van der Waals surface area contributed by atoms with Crippen molar-refractivity contribution in [3.63, 3.8) is 0 Å². The molecule has 1 N–H and O–H groups in total. The number of ether oxygens (including phenoxy) is 6. The SMILES string of the molecule is COc1ccccc1C1OC[C@H]2O[C@@H](OC)[C@@H](O)[C@H](OC)[C@H]2O1. The van der Waals surface area contributed by atoms with Crippen LogP contribution < -0.4 is 4.74 Å². The third-order valence-corrected chi connectivity index (χ3v) is 4.20. The van der Waals surface area contributed by atoms with Crippen LogP contribution in [0.15, 0.2) is 24.3 Å². The quantitative estimate of drug-likeness (QED) is 0.879. The second-order valence-corrected chi connectivity index (χ2v) is 5.48. The average Bonchev–Trinajstić information content (AvgIpc) is 2.60. The van der Waals surface area contributed by atoms with Crippen LogP contribution >= 0.6 is 0 Å². The predicted octanol–water partition coefficient (Wildman–Crippen LogP) is 0.856. The molecule has 7 nitrogen and oxygen atoms in total. The van der Waals surface area contributed by atoms with Crippen molar-refractivity contribution in [1.29, 1.82) is 0 Å². The molecule has 0 aromatic heterocycles. The highest BCUT2D eigenvalue weighted by molar-refractivity contribution is 5.34. The summed E-state index contributed by atoms with van der Waals surface area (Å²) in [5, 5.41) is 10.3. The first-order valence-corrected chi connectivity index (χ1v) is 7.48. The van der Waals surface area contributed by atoms with Crippen molar-refractivity contribution in [3.05, 3.63) is 29.8 Å². The molecule has 0 spiro atoms. The van der Waals surface area contributed by atoms with Crippen molar-refractivity contribution < 1.29 is 33.5 Å². The summed E-state index contributed by atoms with van der Waals surface area (Å²) in [6, 6.07) is 7.49. The van der Waals surface area contributed by atoms with Crippen LogP contribution in [0.1, 0.15) is 11.9 Å². The Morgan fingerprint density at radius 3 is 2.57 bits per heavy atom. The molecule has 3 rings (SSSR count). The van der Waals surface area contributed by atoms with E-state index in [2.05, 4.69) is 0 Å². The van der Waals surface area contributed by atoms with Crippen LogP contribution in [0.4, 0.5) is 0 Å². The van der Waals surface area contributed by atoms with Crippen molar-refractivity contribution in [2.75, 3.05) is 27.9 Å². The Morgan fingerprint density at radius 1 is 1.09 bits per heavy atom. The van der Waals surface area contributed by atoms with Gasteiger partial charge in [-0.15, -0.1) is 0 Å². The first kappa shape index (κ1) is 16.6. The third-order valence-electron chi connectivity index (χ3n) is 4.20. The van der Waals surface area contributed by atoms with Gasteiger partial charge in [-0.25, -0.2) is 0 Å². The van der Waals surface area contributed by atoms with Gasteiger partial charge in [-0.05, 0) is 6.07 Å². The van der Waals surface area contributed by atoms with Gasteiger partial charge in [0.15, 0.2) is 12.6 Å². The number of aliphatic hydroxyl groups is 1. The van der Waals surface area contributed by atoms with Crippen LogP contribution in [-0.2, 0) is 23.7 Å². The molecule has 2 aliphatic rings. The van der Waals surface area contributed by atoms with Crippen molar-refractivity contribution in [3.8, 4) is 5.75 Å². The Hall–Kier alpha value is -1.22. The molecule has 0 radical (unpaired) electrons. The molecule has 0 bridgehead atoms. The summed E-state index contributed by atoms with van der Waals surface area (Å²) in [4.78, 5) is 0. The Morgan fingerprint density at radius 2 is 1.87 bits per heavy atom. The highest BCUT2D eigenvalue weighted by Crippen LogP contribution is 2.37. The fourth-order valence-electron chi connectivity index (χ4n) is 3.05. The molecule has 23 heavy (non-hydrogen) atoms. The van der Waals surface area contributed by atoms with Gasteiger partial charge in [0.25, 0.3) is 0 Å². The monoisotopic (exact) mass is 326 g/mol. The maximum Gasteiger partial charge on any atom is 0.188 e. The van der Waals surface area contributed by atoms with E-state index < -0.39 is 30.9 Å². The zero-order valence-corrected chi connectivity index (χ0v) is 13.4. The topological polar surface area (TPSA) is 75.6 Å². The molecule has 2 heterocycles. The summed E-state index contributed by atoms with van der Waals surface area (Å²) in [5.41, 5.74) is 0.784. The van der Waals surface area contributed by atoms with Crippen molar-refractivity contribution >= 4 is 0 Å². The minimum atomic E-state index is -0.942. The molecule has 2 fully saturated rings. The van der Waals surface area contributed by atoms with Crippen LogP contribution in [0.3, 0.4) is 0 Å². The molecule has 1 aromatic rings.